The Labute approximate surface area is 149 Å². The van der Waals surface area contributed by atoms with E-state index in [0.717, 1.165) is 11.3 Å². The summed E-state index contributed by atoms with van der Waals surface area (Å²) in [5, 5.41) is 0. The molecule has 4 nitrogen and oxygen atoms in total. The topological polar surface area (TPSA) is 40.6 Å². The summed E-state index contributed by atoms with van der Waals surface area (Å²) in [6.45, 7) is 4.60. The first-order valence-electron chi connectivity index (χ1n) is 8.79. The fourth-order valence-corrected chi connectivity index (χ4v) is 3.32. The van der Waals surface area contributed by atoms with Crippen LogP contribution in [0.5, 0.6) is 0 Å². The largest absolute Gasteiger partial charge is 0.334 e. The van der Waals surface area contributed by atoms with Gasteiger partial charge in [-0.2, -0.15) is 0 Å². The normalized spacial score (nSPS) is 17.2. The summed E-state index contributed by atoms with van der Waals surface area (Å²) in [7, 11) is 0. The molecule has 3 rings (SSSR count). The summed E-state index contributed by atoms with van der Waals surface area (Å²) in [6.07, 6.45) is 0.993. The maximum Gasteiger partial charge on any atom is 0.246 e. The van der Waals surface area contributed by atoms with E-state index in [0.29, 0.717) is 19.4 Å². The molecule has 1 aliphatic heterocycles. The number of nitrogens with zero attached hydrogens (tertiary/aromatic N) is 2. The maximum atomic E-state index is 13.3. The fraction of sp³-hybridized carbons (Fsp3) is 0.333. The van der Waals surface area contributed by atoms with E-state index < -0.39 is 6.04 Å². The Balaban J connectivity index is 1.84. The van der Waals surface area contributed by atoms with E-state index >= 15 is 0 Å². The molecule has 4 heteroatoms. The van der Waals surface area contributed by atoms with Crippen LogP contribution in [0, 0.1) is 0 Å². The van der Waals surface area contributed by atoms with Crippen molar-refractivity contribution in [1.29, 1.82) is 0 Å². The smallest absolute Gasteiger partial charge is 0.246 e. The third kappa shape index (κ3) is 3.73. The summed E-state index contributed by atoms with van der Waals surface area (Å²) < 4.78 is 0. The van der Waals surface area contributed by atoms with Crippen LogP contribution in [0.2, 0.25) is 0 Å². The number of para-hydroxylation sites is 1. The predicted octanol–water partition coefficient (Wildman–Crippen LogP) is 3.62. The molecule has 0 saturated carbocycles. The molecular weight excluding hydrogens is 312 g/mol. The van der Waals surface area contributed by atoms with E-state index in [2.05, 4.69) is 0 Å². The van der Waals surface area contributed by atoms with Crippen molar-refractivity contribution >= 4 is 17.5 Å². The van der Waals surface area contributed by atoms with Crippen molar-refractivity contribution in [2.75, 3.05) is 4.90 Å². The molecule has 2 aromatic rings. The monoisotopic (exact) mass is 336 g/mol. The molecule has 0 bridgehead atoms. The van der Waals surface area contributed by atoms with Crippen LogP contribution in [-0.2, 0) is 16.1 Å². The molecule has 25 heavy (non-hydrogen) atoms. The Kier molecular flexibility index (Phi) is 5.17. The van der Waals surface area contributed by atoms with Crippen LogP contribution in [0.15, 0.2) is 60.7 Å². The second-order valence-electron chi connectivity index (χ2n) is 6.70. The highest BCUT2D eigenvalue weighted by Gasteiger charge is 2.39. The standard InChI is InChI=1S/C21H24N2O2/c1-16(2)22(15-17-9-5-3-6-10-17)21(25)19-13-14-20(24)23(19)18-11-7-4-8-12-18/h3-12,16,19H,13-15H2,1-2H3. The van der Waals surface area contributed by atoms with Crippen LogP contribution in [0.3, 0.4) is 0 Å². The van der Waals surface area contributed by atoms with Gasteiger partial charge in [0.1, 0.15) is 6.04 Å². The Morgan fingerprint density at radius 3 is 2.28 bits per heavy atom. The van der Waals surface area contributed by atoms with Gasteiger partial charge in [0, 0.05) is 24.7 Å². The van der Waals surface area contributed by atoms with Crippen molar-refractivity contribution in [3.05, 3.63) is 66.2 Å². The predicted molar refractivity (Wildman–Crippen MR) is 99.1 cm³/mol. The Morgan fingerprint density at radius 2 is 1.68 bits per heavy atom. The van der Waals surface area contributed by atoms with Gasteiger partial charge in [0.2, 0.25) is 11.8 Å². The highest BCUT2D eigenvalue weighted by Crippen LogP contribution is 2.28. The number of rotatable bonds is 5. The number of benzene rings is 2. The molecule has 1 fully saturated rings. The van der Waals surface area contributed by atoms with E-state index in [-0.39, 0.29) is 17.9 Å². The van der Waals surface area contributed by atoms with Gasteiger partial charge in [-0.05, 0) is 38.0 Å². The van der Waals surface area contributed by atoms with Crippen molar-refractivity contribution in [2.45, 2.75) is 45.3 Å². The number of hydrogen-bond acceptors (Lipinski definition) is 2. The highest BCUT2D eigenvalue weighted by molar-refractivity contribution is 6.03. The van der Waals surface area contributed by atoms with Crippen LogP contribution < -0.4 is 4.90 Å². The van der Waals surface area contributed by atoms with Crippen LogP contribution in [0.4, 0.5) is 5.69 Å². The first-order chi connectivity index (χ1) is 12.1. The summed E-state index contributed by atoms with van der Waals surface area (Å²) in [5.74, 6) is 0.0431. The third-order valence-corrected chi connectivity index (χ3v) is 4.63. The van der Waals surface area contributed by atoms with Crippen LogP contribution in [0.1, 0.15) is 32.3 Å². The van der Waals surface area contributed by atoms with Gasteiger partial charge in [-0.25, -0.2) is 0 Å². The van der Waals surface area contributed by atoms with Gasteiger partial charge in [-0.1, -0.05) is 48.5 Å². The van der Waals surface area contributed by atoms with E-state index in [9.17, 15) is 9.59 Å². The lowest BCUT2D eigenvalue weighted by Gasteiger charge is -2.33. The van der Waals surface area contributed by atoms with Crippen LogP contribution >= 0.6 is 0 Å². The average Bonchev–Trinajstić information content (AvgIpc) is 3.02. The number of carbonyl (C=O) groups is 2. The molecule has 130 valence electrons. The second kappa shape index (κ2) is 7.51. The minimum absolute atomic E-state index is 0.0213. The van der Waals surface area contributed by atoms with E-state index in [4.69, 9.17) is 0 Å². The van der Waals surface area contributed by atoms with Gasteiger partial charge in [-0.15, -0.1) is 0 Å². The molecule has 0 aliphatic carbocycles. The molecule has 1 saturated heterocycles. The average molecular weight is 336 g/mol. The van der Waals surface area contributed by atoms with Crippen molar-refractivity contribution in [3.8, 4) is 0 Å². The summed E-state index contributed by atoms with van der Waals surface area (Å²) in [5.41, 5.74) is 1.90. The molecule has 0 radical (unpaired) electrons. The molecule has 1 atom stereocenters. The van der Waals surface area contributed by atoms with Crippen molar-refractivity contribution < 1.29 is 9.59 Å². The Bertz CT molecular complexity index is 728. The number of carbonyl (C=O) groups excluding carboxylic acids is 2. The lowest BCUT2D eigenvalue weighted by atomic mass is 10.1. The molecule has 0 N–H and O–H groups in total. The van der Waals surface area contributed by atoms with Crippen LogP contribution in [0.25, 0.3) is 0 Å². The summed E-state index contributed by atoms with van der Waals surface area (Å²) >= 11 is 0. The highest BCUT2D eigenvalue weighted by atomic mass is 16.2. The van der Waals surface area contributed by atoms with E-state index in [1.165, 1.54) is 0 Å². The minimum atomic E-state index is -0.416. The van der Waals surface area contributed by atoms with Gasteiger partial charge < -0.3 is 4.90 Å². The third-order valence-electron chi connectivity index (χ3n) is 4.63. The Hall–Kier alpha value is -2.62. The van der Waals surface area contributed by atoms with Gasteiger partial charge in [0.15, 0.2) is 0 Å². The lowest BCUT2D eigenvalue weighted by molar-refractivity contribution is -0.135. The molecule has 2 amide bonds. The first kappa shape index (κ1) is 17.2. The minimum Gasteiger partial charge on any atom is -0.334 e. The van der Waals surface area contributed by atoms with Gasteiger partial charge in [0.05, 0.1) is 0 Å². The number of amides is 2. The molecular formula is C21H24N2O2. The SMILES string of the molecule is CC(C)N(Cc1ccccc1)C(=O)C1CCC(=O)N1c1ccccc1. The van der Waals surface area contributed by atoms with E-state index in [1.54, 1.807) is 4.90 Å². The zero-order chi connectivity index (χ0) is 17.8. The molecule has 0 aromatic heterocycles. The zero-order valence-corrected chi connectivity index (χ0v) is 14.8. The first-order valence-corrected chi connectivity index (χ1v) is 8.79. The van der Waals surface area contributed by atoms with Crippen molar-refractivity contribution in [1.82, 2.24) is 4.90 Å². The van der Waals surface area contributed by atoms with Crippen molar-refractivity contribution in [3.63, 3.8) is 0 Å². The Morgan fingerprint density at radius 1 is 1.08 bits per heavy atom. The van der Waals surface area contributed by atoms with Gasteiger partial charge in [-0.3, -0.25) is 14.5 Å². The number of hydrogen-bond donors (Lipinski definition) is 0. The lowest BCUT2D eigenvalue weighted by Crippen LogP contribution is -2.49. The second-order valence-corrected chi connectivity index (χ2v) is 6.70. The molecule has 0 spiro atoms. The summed E-state index contributed by atoms with van der Waals surface area (Å²) in [6, 6.07) is 19.1. The fourth-order valence-electron chi connectivity index (χ4n) is 3.32. The summed E-state index contributed by atoms with van der Waals surface area (Å²) in [4.78, 5) is 29.2. The molecule has 1 aliphatic rings. The zero-order valence-electron chi connectivity index (χ0n) is 14.8. The number of anilines is 1. The molecule has 2 aromatic carbocycles. The van der Waals surface area contributed by atoms with Gasteiger partial charge >= 0.3 is 0 Å². The van der Waals surface area contributed by atoms with Crippen LogP contribution in [-0.4, -0.2) is 28.8 Å². The van der Waals surface area contributed by atoms with Crippen molar-refractivity contribution in [2.24, 2.45) is 0 Å². The maximum absolute atomic E-state index is 13.3. The van der Waals surface area contributed by atoms with E-state index in [1.807, 2.05) is 79.4 Å². The quantitative estimate of drug-likeness (QED) is 0.837. The molecule has 1 heterocycles. The van der Waals surface area contributed by atoms with Gasteiger partial charge in [0.25, 0.3) is 0 Å². The molecule has 1 unspecified atom stereocenters.